The zero-order valence-electron chi connectivity index (χ0n) is 19.0. The molecule has 10 nitrogen and oxygen atoms in total. The van der Waals surface area contributed by atoms with Crippen LogP contribution in [0.1, 0.15) is 24.4 Å². The highest BCUT2D eigenvalue weighted by atomic mass is 16.7. The number of nitrogens with two attached hydrogens (primary N) is 1. The Hall–Kier alpha value is -4.18. The van der Waals surface area contributed by atoms with Crippen molar-refractivity contribution in [3.05, 3.63) is 54.4 Å². The van der Waals surface area contributed by atoms with Crippen LogP contribution < -0.4 is 25.8 Å². The van der Waals surface area contributed by atoms with Gasteiger partial charge in [0.25, 0.3) is 0 Å². The van der Waals surface area contributed by atoms with Crippen molar-refractivity contribution in [2.75, 3.05) is 30.9 Å². The van der Waals surface area contributed by atoms with E-state index in [9.17, 15) is 4.79 Å². The average molecular weight is 472 g/mol. The van der Waals surface area contributed by atoms with Crippen LogP contribution in [0.5, 0.6) is 11.5 Å². The molecule has 6 rings (SSSR count). The molecular weight excluding hydrogens is 446 g/mol. The van der Waals surface area contributed by atoms with Crippen LogP contribution in [0.4, 0.5) is 11.5 Å². The lowest BCUT2D eigenvalue weighted by Gasteiger charge is -2.23. The van der Waals surface area contributed by atoms with Gasteiger partial charge in [0, 0.05) is 12.1 Å². The van der Waals surface area contributed by atoms with E-state index in [1.165, 1.54) is 6.33 Å². The number of anilines is 2. The minimum absolute atomic E-state index is 0.0467. The van der Waals surface area contributed by atoms with Gasteiger partial charge in [-0.3, -0.25) is 4.79 Å². The molecule has 4 N–H and O–H groups in total. The van der Waals surface area contributed by atoms with Crippen molar-refractivity contribution in [3.63, 3.8) is 0 Å². The number of nitrogens with zero attached hydrogens (tertiary/aromatic N) is 4. The molecule has 2 aliphatic heterocycles. The highest BCUT2D eigenvalue weighted by Crippen LogP contribution is 2.48. The van der Waals surface area contributed by atoms with Gasteiger partial charge in [0.15, 0.2) is 17.1 Å². The van der Waals surface area contributed by atoms with E-state index in [1.807, 2.05) is 41.1 Å². The molecule has 1 saturated heterocycles. The van der Waals surface area contributed by atoms with Crippen LogP contribution in [0, 0.1) is 0 Å². The summed E-state index contributed by atoms with van der Waals surface area (Å²) in [6, 6.07) is 13.4. The van der Waals surface area contributed by atoms with Gasteiger partial charge in [0.05, 0.1) is 23.5 Å². The topological polar surface area (TPSA) is 129 Å². The number of benzene rings is 2. The number of piperidine rings is 1. The van der Waals surface area contributed by atoms with Crippen molar-refractivity contribution >= 4 is 28.4 Å². The summed E-state index contributed by atoms with van der Waals surface area (Å²) in [5, 5.41) is 12.0. The smallest absolute Gasteiger partial charge is 0.231 e. The van der Waals surface area contributed by atoms with E-state index < -0.39 is 0 Å². The Kier molecular flexibility index (Phi) is 5.42. The third-order valence-corrected chi connectivity index (χ3v) is 6.39. The highest BCUT2D eigenvalue weighted by Gasteiger charge is 2.29. The number of amides is 1. The van der Waals surface area contributed by atoms with Crippen LogP contribution >= 0.6 is 0 Å². The van der Waals surface area contributed by atoms with Gasteiger partial charge in [0.1, 0.15) is 17.8 Å². The van der Waals surface area contributed by atoms with E-state index >= 15 is 0 Å². The van der Waals surface area contributed by atoms with E-state index in [1.54, 1.807) is 6.07 Å². The third kappa shape index (κ3) is 3.91. The SMILES string of the molecule is Nc1ncnc2c1c(-c1ccc(NC(=O)Cc3ccccc3)c3c1OCO3)nn2[C@@H]1CCCNC1. The molecule has 1 amide bonds. The number of hydrogen-bond acceptors (Lipinski definition) is 8. The summed E-state index contributed by atoms with van der Waals surface area (Å²) in [7, 11) is 0. The fourth-order valence-electron chi connectivity index (χ4n) is 4.74. The van der Waals surface area contributed by atoms with Crippen molar-refractivity contribution < 1.29 is 14.3 Å². The van der Waals surface area contributed by atoms with Crippen LogP contribution in [-0.4, -0.2) is 45.5 Å². The molecule has 2 aromatic heterocycles. The summed E-state index contributed by atoms with van der Waals surface area (Å²) >= 11 is 0. The van der Waals surface area contributed by atoms with Crippen LogP contribution in [0.2, 0.25) is 0 Å². The number of hydrogen-bond donors (Lipinski definition) is 3. The van der Waals surface area contributed by atoms with E-state index in [-0.39, 0.29) is 25.2 Å². The molecule has 2 aliphatic rings. The summed E-state index contributed by atoms with van der Waals surface area (Å²) in [6.45, 7) is 1.85. The maximum absolute atomic E-state index is 12.7. The van der Waals surface area contributed by atoms with Crippen LogP contribution in [-0.2, 0) is 11.2 Å². The van der Waals surface area contributed by atoms with Gasteiger partial charge >= 0.3 is 0 Å². The fourth-order valence-corrected chi connectivity index (χ4v) is 4.74. The summed E-state index contributed by atoms with van der Waals surface area (Å²) in [5.74, 6) is 1.20. The number of carbonyl (C=O) groups excluding carboxylic acids is 1. The number of ether oxygens (including phenoxy) is 2. The van der Waals surface area contributed by atoms with E-state index in [0.717, 1.165) is 31.5 Å². The average Bonchev–Trinajstić information content (AvgIpc) is 3.52. The summed E-state index contributed by atoms with van der Waals surface area (Å²) in [6.07, 6.45) is 3.78. The number of fused-ring (bicyclic) bond motifs is 2. The molecule has 0 spiro atoms. The second-order valence-electron chi connectivity index (χ2n) is 8.69. The molecule has 0 saturated carbocycles. The molecule has 178 valence electrons. The zero-order chi connectivity index (χ0) is 23.8. The predicted molar refractivity (Wildman–Crippen MR) is 131 cm³/mol. The minimum Gasteiger partial charge on any atom is -0.453 e. The first-order valence-electron chi connectivity index (χ1n) is 11.6. The fraction of sp³-hybridized carbons (Fsp3) is 0.280. The lowest BCUT2D eigenvalue weighted by Crippen LogP contribution is -2.32. The molecule has 35 heavy (non-hydrogen) atoms. The van der Waals surface area contributed by atoms with Crippen molar-refractivity contribution in [1.29, 1.82) is 0 Å². The summed E-state index contributed by atoms with van der Waals surface area (Å²) in [5.41, 5.74) is 9.82. The molecule has 1 fully saturated rings. The van der Waals surface area contributed by atoms with Gasteiger partial charge in [-0.15, -0.1) is 0 Å². The molecule has 1 atom stereocenters. The van der Waals surface area contributed by atoms with Crippen LogP contribution in [0.15, 0.2) is 48.8 Å². The molecule has 0 bridgehead atoms. The van der Waals surface area contributed by atoms with E-state index in [4.69, 9.17) is 20.3 Å². The van der Waals surface area contributed by atoms with Crippen LogP contribution in [0.3, 0.4) is 0 Å². The predicted octanol–water partition coefficient (Wildman–Crippen LogP) is 2.91. The quantitative estimate of drug-likeness (QED) is 0.405. The van der Waals surface area contributed by atoms with Gasteiger partial charge in [-0.05, 0) is 37.1 Å². The molecular formula is C25H25N7O3. The second-order valence-corrected chi connectivity index (χ2v) is 8.69. The Labute approximate surface area is 201 Å². The van der Waals surface area contributed by atoms with Crippen molar-refractivity contribution in [2.24, 2.45) is 0 Å². The summed E-state index contributed by atoms with van der Waals surface area (Å²) in [4.78, 5) is 21.4. The number of rotatable bonds is 5. The number of nitrogens with one attached hydrogen (secondary N) is 2. The van der Waals surface area contributed by atoms with E-state index in [0.29, 0.717) is 45.3 Å². The molecule has 0 unspecified atom stereocenters. The molecule has 0 radical (unpaired) electrons. The largest absolute Gasteiger partial charge is 0.453 e. The Morgan fingerprint density at radius 1 is 1.14 bits per heavy atom. The van der Waals surface area contributed by atoms with Gasteiger partial charge < -0.3 is 25.8 Å². The first kappa shape index (κ1) is 21.4. The monoisotopic (exact) mass is 471 g/mol. The van der Waals surface area contributed by atoms with Crippen molar-refractivity contribution in [3.8, 4) is 22.8 Å². The molecule has 4 heterocycles. The standard InChI is InChI=1S/C25H25N7O3/c26-24-20-21(31-32(25(20)29-13-28-24)16-7-4-10-27-12-16)17-8-9-18(23-22(17)34-14-35-23)30-19(33)11-15-5-2-1-3-6-15/h1-3,5-6,8-9,13,16,27H,4,7,10-12,14H2,(H,30,33)(H2,26,28,29)/t16-/m1/s1. The zero-order valence-corrected chi connectivity index (χ0v) is 19.0. The Balaban J connectivity index is 1.38. The highest BCUT2D eigenvalue weighted by molar-refractivity contribution is 6.01. The van der Waals surface area contributed by atoms with Crippen molar-refractivity contribution in [1.82, 2.24) is 25.1 Å². The normalized spacial score (nSPS) is 17.0. The number of nitrogen functional groups attached to an aromatic ring is 1. The maximum atomic E-state index is 12.7. The second kappa shape index (κ2) is 8.88. The number of carbonyl (C=O) groups is 1. The van der Waals surface area contributed by atoms with Crippen LogP contribution in [0.25, 0.3) is 22.3 Å². The Bertz CT molecular complexity index is 1400. The minimum atomic E-state index is -0.140. The molecule has 0 aliphatic carbocycles. The first-order chi connectivity index (χ1) is 17.2. The van der Waals surface area contributed by atoms with E-state index in [2.05, 4.69) is 20.6 Å². The number of aromatic nitrogens is 4. The van der Waals surface area contributed by atoms with Gasteiger partial charge in [0.2, 0.25) is 12.7 Å². The molecule has 2 aromatic carbocycles. The van der Waals surface area contributed by atoms with Gasteiger partial charge in [-0.2, -0.15) is 5.10 Å². The van der Waals surface area contributed by atoms with Gasteiger partial charge in [-0.1, -0.05) is 30.3 Å². The molecule has 10 heteroatoms. The Morgan fingerprint density at radius 2 is 2.00 bits per heavy atom. The Morgan fingerprint density at radius 3 is 2.83 bits per heavy atom. The first-order valence-corrected chi connectivity index (χ1v) is 11.6. The molecule has 4 aromatic rings. The lowest BCUT2D eigenvalue weighted by molar-refractivity contribution is -0.115. The maximum Gasteiger partial charge on any atom is 0.231 e. The lowest BCUT2D eigenvalue weighted by atomic mass is 10.1. The van der Waals surface area contributed by atoms with Gasteiger partial charge in [-0.25, -0.2) is 14.6 Å². The van der Waals surface area contributed by atoms with Crippen molar-refractivity contribution in [2.45, 2.75) is 25.3 Å². The summed E-state index contributed by atoms with van der Waals surface area (Å²) < 4.78 is 13.6. The third-order valence-electron chi connectivity index (χ3n) is 6.39.